The summed E-state index contributed by atoms with van der Waals surface area (Å²) in [5.74, 6) is 0.356. The van der Waals surface area contributed by atoms with Crippen LogP contribution in [0.5, 0.6) is 5.75 Å². The van der Waals surface area contributed by atoms with Gasteiger partial charge in [0, 0.05) is 5.56 Å². The fourth-order valence-electron chi connectivity index (χ4n) is 1.71. The maximum atomic E-state index is 12.2. The average molecular weight is 250 g/mol. The molecule has 0 amide bonds. The van der Waals surface area contributed by atoms with Crippen LogP contribution in [-0.4, -0.2) is 25.3 Å². The van der Waals surface area contributed by atoms with Crippen LogP contribution in [0.4, 0.5) is 0 Å². The molecule has 1 aromatic rings. The van der Waals surface area contributed by atoms with Crippen molar-refractivity contribution in [2.45, 2.75) is 32.0 Å². The highest BCUT2D eigenvalue weighted by Crippen LogP contribution is 2.41. The molecule has 1 aliphatic rings. The minimum atomic E-state index is -0.943. The zero-order valence-corrected chi connectivity index (χ0v) is 11.1. The van der Waals surface area contributed by atoms with Gasteiger partial charge in [-0.15, -0.1) is 0 Å². The number of carbonyl (C=O) groups is 1. The molecule has 1 fully saturated rings. The average Bonchev–Trinajstić information content (AvgIpc) is 3.08. The molecular weight excluding hydrogens is 232 g/mol. The SMILES string of the molecule is COc1cccc(C2(C(=O)OC(C)(C)C)CO2)c1. The first-order valence-electron chi connectivity index (χ1n) is 5.89. The Bertz CT molecular complexity index is 455. The molecule has 0 bridgehead atoms. The minimum absolute atomic E-state index is 0.344. The zero-order valence-electron chi connectivity index (χ0n) is 11.1. The summed E-state index contributed by atoms with van der Waals surface area (Å²) in [4.78, 5) is 12.2. The van der Waals surface area contributed by atoms with E-state index in [1.165, 1.54) is 0 Å². The Morgan fingerprint density at radius 3 is 2.56 bits per heavy atom. The van der Waals surface area contributed by atoms with E-state index in [0.717, 1.165) is 5.56 Å². The van der Waals surface area contributed by atoms with Crippen LogP contribution in [0.15, 0.2) is 24.3 Å². The Morgan fingerprint density at radius 1 is 1.39 bits per heavy atom. The smallest absolute Gasteiger partial charge is 0.346 e. The van der Waals surface area contributed by atoms with Gasteiger partial charge < -0.3 is 14.2 Å². The van der Waals surface area contributed by atoms with Gasteiger partial charge in [-0.1, -0.05) is 12.1 Å². The third-order valence-electron chi connectivity index (χ3n) is 2.70. The lowest BCUT2D eigenvalue weighted by Crippen LogP contribution is -2.32. The number of epoxide rings is 1. The molecule has 4 heteroatoms. The van der Waals surface area contributed by atoms with Gasteiger partial charge >= 0.3 is 5.97 Å². The maximum Gasteiger partial charge on any atom is 0.346 e. The molecule has 1 aliphatic heterocycles. The molecule has 0 radical (unpaired) electrons. The second kappa shape index (κ2) is 4.28. The highest BCUT2D eigenvalue weighted by Gasteiger charge is 2.56. The van der Waals surface area contributed by atoms with Crippen molar-refractivity contribution in [1.82, 2.24) is 0 Å². The summed E-state index contributed by atoms with van der Waals surface area (Å²) in [6.45, 7) is 5.88. The first-order valence-corrected chi connectivity index (χ1v) is 5.89. The van der Waals surface area contributed by atoms with Crippen LogP contribution < -0.4 is 4.74 Å². The van der Waals surface area contributed by atoms with Gasteiger partial charge in [-0.2, -0.15) is 0 Å². The van der Waals surface area contributed by atoms with E-state index in [0.29, 0.717) is 12.4 Å². The van der Waals surface area contributed by atoms with Gasteiger partial charge in [-0.25, -0.2) is 4.79 Å². The van der Waals surface area contributed by atoms with Gasteiger partial charge in [-0.05, 0) is 32.9 Å². The van der Waals surface area contributed by atoms with Crippen LogP contribution in [0.3, 0.4) is 0 Å². The first kappa shape index (κ1) is 12.9. The number of benzene rings is 1. The van der Waals surface area contributed by atoms with Gasteiger partial charge in [0.15, 0.2) is 0 Å². The van der Waals surface area contributed by atoms with Crippen LogP contribution in [0, 0.1) is 0 Å². The molecular formula is C14H18O4. The van der Waals surface area contributed by atoms with Crippen LogP contribution in [0.25, 0.3) is 0 Å². The molecule has 0 aromatic heterocycles. The molecule has 0 aliphatic carbocycles. The number of carbonyl (C=O) groups excluding carboxylic acids is 1. The van der Waals surface area contributed by atoms with Crippen molar-refractivity contribution in [3.63, 3.8) is 0 Å². The second-order valence-electron chi connectivity index (χ2n) is 5.35. The molecule has 0 N–H and O–H groups in total. The van der Waals surface area contributed by atoms with Gasteiger partial charge in [0.1, 0.15) is 11.4 Å². The van der Waals surface area contributed by atoms with E-state index in [1.807, 2.05) is 39.0 Å². The standard InChI is InChI=1S/C14H18O4/c1-13(2,3)18-12(15)14(9-17-14)10-6-5-7-11(8-10)16-4/h5-8H,9H2,1-4H3. The molecule has 1 aromatic carbocycles. The van der Waals surface area contributed by atoms with Crippen LogP contribution in [0.2, 0.25) is 0 Å². The number of rotatable bonds is 3. The molecule has 0 saturated carbocycles. The molecule has 18 heavy (non-hydrogen) atoms. The Hall–Kier alpha value is -1.55. The minimum Gasteiger partial charge on any atom is -0.497 e. The first-order chi connectivity index (χ1) is 8.37. The number of methoxy groups -OCH3 is 1. The molecule has 0 spiro atoms. The zero-order chi connectivity index (χ0) is 13.4. The quantitative estimate of drug-likeness (QED) is 0.610. The van der Waals surface area contributed by atoms with E-state index in [9.17, 15) is 4.79 Å². The van der Waals surface area contributed by atoms with Crippen molar-refractivity contribution in [2.75, 3.05) is 13.7 Å². The predicted molar refractivity (Wildman–Crippen MR) is 66.5 cm³/mol. The molecule has 1 saturated heterocycles. The summed E-state index contributed by atoms with van der Waals surface area (Å²) in [7, 11) is 1.59. The van der Waals surface area contributed by atoms with E-state index in [4.69, 9.17) is 14.2 Å². The fourth-order valence-corrected chi connectivity index (χ4v) is 1.71. The van der Waals surface area contributed by atoms with E-state index < -0.39 is 11.2 Å². The van der Waals surface area contributed by atoms with Crippen molar-refractivity contribution >= 4 is 5.97 Å². The monoisotopic (exact) mass is 250 g/mol. The highest BCUT2D eigenvalue weighted by molar-refractivity contribution is 5.84. The predicted octanol–water partition coefficient (Wildman–Crippen LogP) is 2.26. The topological polar surface area (TPSA) is 48.1 Å². The lowest BCUT2D eigenvalue weighted by molar-refractivity contribution is -0.161. The third-order valence-corrected chi connectivity index (χ3v) is 2.70. The number of esters is 1. The van der Waals surface area contributed by atoms with Gasteiger partial charge in [-0.3, -0.25) is 0 Å². The van der Waals surface area contributed by atoms with Crippen molar-refractivity contribution in [3.8, 4) is 5.75 Å². The summed E-state index contributed by atoms with van der Waals surface area (Å²) in [5, 5.41) is 0. The highest BCUT2D eigenvalue weighted by atomic mass is 16.6. The van der Waals surface area contributed by atoms with E-state index in [-0.39, 0.29) is 5.97 Å². The molecule has 1 unspecified atom stereocenters. The van der Waals surface area contributed by atoms with E-state index in [2.05, 4.69) is 0 Å². The second-order valence-corrected chi connectivity index (χ2v) is 5.35. The Kier molecular flexibility index (Phi) is 3.07. The Labute approximate surface area is 107 Å². The maximum absolute atomic E-state index is 12.2. The summed E-state index contributed by atoms with van der Waals surface area (Å²) < 4.78 is 15.9. The number of hydrogen-bond donors (Lipinski definition) is 0. The molecule has 98 valence electrons. The van der Waals surface area contributed by atoms with Gasteiger partial charge in [0.25, 0.3) is 0 Å². The fraction of sp³-hybridized carbons (Fsp3) is 0.500. The summed E-state index contributed by atoms with van der Waals surface area (Å²) in [6, 6.07) is 7.31. The van der Waals surface area contributed by atoms with Crippen molar-refractivity contribution < 1.29 is 19.0 Å². The summed E-state index contributed by atoms with van der Waals surface area (Å²) >= 11 is 0. The van der Waals surface area contributed by atoms with Gasteiger partial charge in [0.05, 0.1) is 13.7 Å². The van der Waals surface area contributed by atoms with Crippen molar-refractivity contribution in [1.29, 1.82) is 0 Å². The summed E-state index contributed by atoms with van der Waals surface area (Å²) in [5.41, 5.74) is -0.687. The Balaban J connectivity index is 2.23. The summed E-state index contributed by atoms with van der Waals surface area (Å²) in [6.07, 6.45) is 0. The molecule has 2 rings (SSSR count). The lowest BCUT2D eigenvalue weighted by atomic mass is 9.99. The van der Waals surface area contributed by atoms with Crippen molar-refractivity contribution in [3.05, 3.63) is 29.8 Å². The van der Waals surface area contributed by atoms with Crippen LogP contribution >= 0.6 is 0 Å². The van der Waals surface area contributed by atoms with E-state index >= 15 is 0 Å². The van der Waals surface area contributed by atoms with Crippen LogP contribution in [0.1, 0.15) is 26.3 Å². The number of ether oxygens (including phenoxy) is 3. The molecule has 1 atom stereocenters. The lowest BCUT2D eigenvalue weighted by Gasteiger charge is -2.22. The van der Waals surface area contributed by atoms with E-state index in [1.54, 1.807) is 13.2 Å². The number of hydrogen-bond acceptors (Lipinski definition) is 4. The Morgan fingerprint density at radius 2 is 2.06 bits per heavy atom. The molecule has 1 heterocycles. The van der Waals surface area contributed by atoms with Crippen molar-refractivity contribution in [2.24, 2.45) is 0 Å². The van der Waals surface area contributed by atoms with Gasteiger partial charge in [0.2, 0.25) is 5.60 Å². The van der Waals surface area contributed by atoms with Crippen LogP contribution in [-0.2, 0) is 19.9 Å². The largest absolute Gasteiger partial charge is 0.497 e. The molecule has 4 nitrogen and oxygen atoms in total. The third kappa shape index (κ3) is 2.48. The normalized spacial score (nSPS) is 22.4.